The monoisotopic (exact) mass is 613 g/mol. The van der Waals surface area contributed by atoms with Crippen molar-refractivity contribution in [2.45, 2.75) is 57.8 Å². The van der Waals surface area contributed by atoms with Crippen LogP contribution < -0.4 is 10.9 Å². The number of nitrogens with one attached hydrogen (secondary N) is 2. The van der Waals surface area contributed by atoms with Crippen LogP contribution in [0, 0.1) is 17.2 Å². The third kappa shape index (κ3) is 6.60. The summed E-state index contributed by atoms with van der Waals surface area (Å²) in [6, 6.07) is 11.9. The van der Waals surface area contributed by atoms with Gasteiger partial charge in [-0.2, -0.15) is 10.3 Å². The average Bonchev–Trinajstić information content (AvgIpc) is 3.48. The molecule has 2 fully saturated rings. The van der Waals surface area contributed by atoms with Crippen LogP contribution in [0.25, 0.3) is 21.7 Å². The van der Waals surface area contributed by atoms with Crippen molar-refractivity contribution < 1.29 is 18.7 Å². The predicted octanol–water partition coefficient (Wildman–Crippen LogP) is 4.40. The van der Waals surface area contributed by atoms with E-state index in [2.05, 4.69) is 45.4 Å². The first-order chi connectivity index (χ1) is 21.4. The maximum Gasteiger partial charge on any atom is 0.290 e. The largest absolute Gasteiger partial charge is 0.443 e. The molecule has 4 aromatic rings. The molecule has 2 atom stereocenters. The molecule has 2 N–H and O–H groups in total. The maximum atomic E-state index is 13.4. The Bertz CT molecular complexity index is 1790. The molecule has 12 heteroatoms. The smallest absolute Gasteiger partial charge is 0.290 e. The lowest BCUT2D eigenvalue weighted by atomic mass is 10.1. The zero-order valence-corrected chi connectivity index (χ0v) is 25.6. The first-order valence-corrected chi connectivity index (χ1v) is 15.7. The average molecular weight is 614 g/mol. The minimum absolute atomic E-state index is 0.137. The summed E-state index contributed by atoms with van der Waals surface area (Å²) in [6.07, 6.45) is 8.49. The summed E-state index contributed by atoms with van der Waals surface area (Å²) in [6.45, 7) is 4.36. The van der Waals surface area contributed by atoms with Crippen LogP contribution in [0.1, 0.15) is 47.8 Å². The Kier molecular flexibility index (Phi) is 8.88. The highest BCUT2D eigenvalue weighted by atomic mass is 32.1. The Morgan fingerprint density at radius 2 is 2.18 bits per heavy atom. The lowest BCUT2D eigenvalue weighted by molar-refractivity contribution is -0.127. The van der Waals surface area contributed by atoms with Gasteiger partial charge in [0, 0.05) is 32.8 Å². The van der Waals surface area contributed by atoms with Crippen molar-refractivity contribution in [2.75, 3.05) is 20.3 Å². The Hall–Kier alpha value is -4.31. The zero-order valence-electron chi connectivity index (χ0n) is 24.8. The molecule has 228 valence electrons. The molecule has 1 saturated heterocycles. The zero-order chi connectivity index (χ0) is 30.6. The number of benzene rings is 1. The number of allylic oxidation sites excluding steroid dienone is 1. The van der Waals surface area contributed by atoms with E-state index in [4.69, 9.17) is 9.15 Å². The van der Waals surface area contributed by atoms with Crippen molar-refractivity contribution >= 4 is 34.2 Å². The van der Waals surface area contributed by atoms with E-state index in [1.807, 2.05) is 27.7 Å². The first kappa shape index (κ1) is 29.7. The van der Waals surface area contributed by atoms with Crippen molar-refractivity contribution in [1.29, 1.82) is 5.26 Å². The SMILES string of the molecule is COC[C@H](C)NCc1ccc2c(c1)[nH]/c(=N\C(=O)c1ccc(-c3cnco3)s1)n2C[C@H]1CCCN1C(=O)/C(C#N)=C/C1CC1. The van der Waals surface area contributed by atoms with Crippen molar-refractivity contribution in [3.05, 3.63) is 70.6 Å². The molecular weight excluding hydrogens is 578 g/mol. The molecule has 4 heterocycles. The Morgan fingerprint density at radius 1 is 1.32 bits per heavy atom. The molecule has 1 aliphatic carbocycles. The second-order valence-electron chi connectivity index (χ2n) is 11.4. The number of carbonyl (C=O) groups excluding carboxylic acids is 2. The molecule has 1 aromatic carbocycles. The van der Waals surface area contributed by atoms with Crippen LogP contribution >= 0.6 is 11.3 Å². The second-order valence-corrected chi connectivity index (χ2v) is 12.5. The topological polar surface area (TPSA) is 142 Å². The molecule has 0 bridgehead atoms. The van der Waals surface area contributed by atoms with E-state index < -0.39 is 0 Å². The van der Waals surface area contributed by atoms with E-state index in [1.165, 1.54) is 17.7 Å². The van der Waals surface area contributed by atoms with Gasteiger partial charge in [-0.05, 0) is 68.4 Å². The number of hydrogen-bond acceptors (Lipinski definition) is 8. The minimum Gasteiger partial charge on any atom is -0.443 e. The molecule has 44 heavy (non-hydrogen) atoms. The predicted molar refractivity (Wildman–Crippen MR) is 165 cm³/mol. The first-order valence-electron chi connectivity index (χ1n) is 14.9. The lowest BCUT2D eigenvalue weighted by Gasteiger charge is -2.25. The Labute approximate surface area is 258 Å². The van der Waals surface area contributed by atoms with E-state index in [0.717, 1.165) is 47.2 Å². The second kappa shape index (κ2) is 13.1. The number of oxazole rings is 1. The Balaban J connectivity index is 1.33. The summed E-state index contributed by atoms with van der Waals surface area (Å²) in [5.74, 6) is 0.329. The van der Waals surface area contributed by atoms with Gasteiger partial charge in [-0.25, -0.2) is 4.98 Å². The molecule has 6 rings (SSSR count). The number of ether oxygens (including phenoxy) is 1. The third-order valence-electron chi connectivity index (χ3n) is 8.03. The molecule has 1 saturated carbocycles. The van der Waals surface area contributed by atoms with E-state index in [0.29, 0.717) is 48.4 Å². The van der Waals surface area contributed by atoms with Gasteiger partial charge in [0.2, 0.25) is 5.62 Å². The number of amides is 2. The molecule has 3 aromatic heterocycles. The van der Waals surface area contributed by atoms with Gasteiger partial charge < -0.3 is 28.9 Å². The van der Waals surface area contributed by atoms with Crippen molar-refractivity contribution in [3.8, 4) is 16.7 Å². The molecule has 2 amide bonds. The fraction of sp³-hybridized carbons (Fsp3) is 0.406. The van der Waals surface area contributed by atoms with Crippen LogP contribution in [-0.2, 0) is 22.6 Å². The number of likely N-dealkylation sites (tertiary alicyclic amines) is 1. The fourth-order valence-corrected chi connectivity index (χ4v) is 6.44. The van der Waals surface area contributed by atoms with Crippen LogP contribution in [0.2, 0.25) is 0 Å². The van der Waals surface area contributed by atoms with E-state index in [9.17, 15) is 14.9 Å². The third-order valence-corrected chi connectivity index (χ3v) is 9.12. The minimum atomic E-state index is -0.380. The van der Waals surface area contributed by atoms with Crippen molar-refractivity contribution in [2.24, 2.45) is 10.9 Å². The highest BCUT2D eigenvalue weighted by Crippen LogP contribution is 2.32. The van der Waals surface area contributed by atoms with E-state index >= 15 is 0 Å². The van der Waals surface area contributed by atoms with Gasteiger partial charge in [-0.1, -0.05) is 12.1 Å². The van der Waals surface area contributed by atoms with Crippen LogP contribution in [0.4, 0.5) is 0 Å². The molecule has 0 spiro atoms. The number of H-pyrrole nitrogens is 1. The standard InChI is InChI=1S/C32H35N7O4S/c1-20(18-42-2)35-15-22-7-8-26-25(13-22)36-32(37-30(40)29-10-9-28(44-29)27-16-34-19-43-27)39(26)17-24-4-3-11-38(24)31(41)23(14-33)12-21-5-6-21/h7-10,12-13,16,19-21,24,35H,3-6,11,15,17-18H2,1-2H3,(H,36,37,40)/b23-12+/t20-,24+/m0/s1. The molecule has 1 aliphatic heterocycles. The quantitative estimate of drug-likeness (QED) is 0.189. The van der Waals surface area contributed by atoms with Gasteiger partial charge >= 0.3 is 0 Å². The summed E-state index contributed by atoms with van der Waals surface area (Å²) in [4.78, 5) is 41.8. The normalized spacial score (nSPS) is 18.2. The summed E-state index contributed by atoms with van der Waals surface area (Å²) < 4.78 is 12.6. The molecule has 0 unspecified atom stereocenters. The van der Waals surface area contributed by atoms with Gasteiger partial charge in [0.15, 0.2) is 12.2 Å². The number of nitriles is 1. The van der Waals surface area contributed by atoms with Crippen LogP contribution in [0.3, 0.4) is 0 Å². The van der Waals surface area contributed by atoms with E-state index in [1.54, 1.807) is 19.4 Å². The maximum absolute atomic E-state index is 13.4. The molecule has 11 nitrogen and oxygen atoms in total. The number of hydrogen-bond donors (Lipinski definition) is 2. The summed E-state index contributed by atoms with van der Waals surface area (Å²) >= 11 is 1.29. The fourth-order valence-electron chi connectivity index (χ4n) is 5.59. The number of aromatic amines is 1. The number of thiophene rings is 1. The van der Waals surface area contributed by atoms with Crippen LogP contribution in [-0.4, -0.2) is 63.6 Å². The number of nitrogens with zero attached hydrogens (tertiary/aromatic N) is 5. The van der Waals surface area contributed by atoms with E-state index in [-0.39, 0.29) is 29.5 Å². The number of rotatable bonds is 11. The lowest BCUT2D eigenvalue weighted by Crippen LogP contribution is -2.40. The highest BCUT2D eigenvalue weighted by molar-refractivity contribution is 7.17. The number of methoxy groups -OCH3 is 1. The van der Waals surface area contributed by atoms with Gasteiger partial charge in [-0.15, -0.1) is 11.3 Å². The van der Waals surface area contributed by atoms with Crippen molar-refractivity contribution in [3.63, 3.8) is 0 Å². The summed E-state index contributed by atoms with van der Waals surface area (Å²) in [7, 11) is 1.68. The molecule has 0 radical (unpaired) electrons. The van der Waals surface area contributed by atoms with Gasteiger partial charge in [0.05, 0.1) is 39.6 Å². The number of imidazole rings is 1. The van der Waals surface area contributed by atoms with Gasteiger partial charge in [0.1, 0.15) is 11.6 Å². The molecular formula is C32H35N7O4S. The van der Waals surface area contributed by atoms with Crippen molar-refractivity contribution in [1.82, 2.24) is 24.8 Å². The summed E-state index contributed by atoms with van der Waals surface area (Å²) in [5.41, 5.74) is 3.43. The highest BCUT2D eigenvalue weighted by Gasteiger charge is 2.33. The Morgan fingerprint density at radius 3 is 2.93 bits per heavy atom. The number of carbonyl (C=O) groups is 2. The van der Waals surface area contributed by atoms with Gasteiger partial charge in [0.25, 0.3) is 11.8 Å². The number of aromatic nitrogens is 3. The van der Waals surface area contributed by atoms with Crippen LogP contribution in [0.15, 0.2) is 64.0 Å². The van der Waals surface area contributed by atoms with Crippen LogP contribution in [0.5, 0.6) is 0 Å². The number of fused-ring (bicyclic) bond motifs is 1. The van der Waals surface area contributed by atoms with Gasteiger partial charge in [-0.3, -0.25) is 9.59 Å². The summed E-state index contributed by atoms with van der Waals surface area (Å²) in [5, 5.41) is 13.2. The molecule has 2 aliphatic rings.